The van der Waals surface area contributed by atoms with Crippen LogP contribution in [0.3, 0.4) is 0 Å². The average molecular weight is 546 g/mol. The number of aryl methyl sites for hydroxylation is 2. The third kappa shape index (κ3) is 8.10. The van der Waals surface area contributed by atoms with Gasteiger partial charge in [0.25, 0.3) is 0 Å². The summed E-state index contributed by atoms with van der Waals surface area (Å²) in [6.07, 6.45) is 3.80. The van der Waals surface area contributed by atoms with Crippen LogP contribution in [0.15, 0.2) is 82.4 Å². The van der Waals surface area contributed by atoms with Crippen molar-refractivity contribution < 1.29 is 13.9 Å². The second-order valence-electron chi connectivity index (χ2n) is 11.5. The highest BCUT2D eigenvalue weighted by molar-refractivity contribution is 8.01. The second-order valence-corrected chi connectivity index (χ2v) is 13.2. The van der Waals surface area contributed by atoms with Gasteiger partial charge in [-0.15, -0.1) is 11.8 Å². The van der Waals surface area contributed by atoms with E-state index in [9.17, 15) is 4.79 Å². The van der Waals surface area contributed by atoms with E-state index in [2.05, 4.69) is 73.5 Å². The Balaban J connectivity index is 1.47. The Morgan fingerprint density at radius 1 is 0.949 bits per heavy atom. The lowest BCUT2D eigenvalue weighted by Crippen LogP contribution is -2.36. The lowest BCUT2D eigenvalue weighted by molar-refractivity contribution is -0.156. The number of carbonyl (C=O) groups is 1. The Morgan fingerprint density at radius 3 is 2.26 bits per heavy atom. The van der Waals surface area contributed by atoms with E-state index in [1.165, 1.54) is 22.9 Å². The molecule has 0 N–H and O–H groups in total. The van der Waals surface area contributed by atoms with Gasteiger partial charge in [0.2, 0.25) is 0 Å². The van der Waals surface area contributed by atoms with E-state index in [1.807, 2.05) is 51.4 Å². The maximum atomic E-state index is 12.7. The van der Waals surface area contributed by atoms with Crippen molar-refractivity contribution in [2.75, 3.05) is 0 Å². The van der Waals surface area contributed by atoms with Crippen molar-refractivity contribution in [3.63, 3.8) is 0 Å². The van der Waals surface area contributed by atoms with Gasteiger partial charge in [0.1, 0.15) is 16.1 Å². The first-order valence-electron chi connectivity index (χ1n) is 13.3. The number of nitrogens with zero attached hydrogens (tertiary/aromatic N) is 3. The van der Waals surface area contributed by atoms with Crippen LogP contribution in [-0.2, 0) is 29.2 Å². The minimum Gasteiger partial charge on any atom is -0.468 e. The summed E-state index contributed by atoms with van der Waals surface area (Å²) in [6, 6.07) is 20.7. The maximum Gasteiger partial charge on any atom is 0.322 e. The van der Waals surface area contributed by atoms with Crippen molar-refractivity contribution in [3.8, 4) is 5.69 Å². The van der Waals surface area contributed by atoms with Crippen LogP contribution >= 0.6 is 11.8 Å². The molecule has 4 aromatic rings. The monoisotopic (exact) mass is 545 g/mol. The zero-order valence-electron chi connectivity index (χ0n) is 24.0. The van der Waals surface area contributed by atoms with Crippen molar-refractivity contribution >= 4 is 17.7 Å². The van der Waals surface area contributed by atoms with Gasteiger partial charge < -0.3 is 9.15 Å². The van der Waals surface area contributed by atoms with Crippen LogP contribution in [0.1, 0.15) is 62.8 Å². The Kier molecular flexibility index (Phi) is 8.72. The molecule has 39 heavy (non-hydrogen) atoms. The van der Waals surface area contributed by atoms with E-state index >= 15 is 0 Å². The molecule has 206 valence electrons. The van der Waals surface area contributed by atoms with Crippen LogP contribution in [0, 0.1) is 13.8 Å². The predicted octanol–water partition coefficient (Wildman–Crippen LogP) is 7.50. The van der Waals surface area contributed by atoms with Gasteiger partial charge in [0, 0.05) is 24.2 Å². The third-order valence-electron chi connectivity index (χ3n) is 6.22. The fraction of sp³-hybridized carbons (Fsp3) is 0.375. The first kappa shape index (κ1) is 28.7. The quantitative estimate of drug-likeness (QED) is 0.152. The molecule has 0 spiro atoms. The molecule has 0 aliphatic heterocycles. The summed E-state index contributed by atoms with van der Waals surface area (Å²) < 4.78 is 12.6. The van der Waals surface area contributed by atoms with Gasteiger partial charge >= 0.3 is 5.97 Å². The van der Waals surface area contributed by atoms with E-state index in [4.69, 9.17) is 14.3 Å². The number of hydrogen-bond acceptors (Lipinski definition) is 6. The molecular formula is C32H39N3O3S. The molecule has 0 bridgehead atoms. The Labute approximate surface area is 236 Å². The fourth-order valence-electron chi connectivity index (χ4n) is 4.14. The molecule has 2 aromatic carbocycles. The first-order chi connectivity index (χ1) is 18.4. The molecule has 0 unspecified atom stereocenters. The average Bonchev–Trinajstić information content (AvgIpc) is 3.49. The standard InChI is InChI=1S/C32H39N3O3S/c1-23-10-14-26(15-11-23)35-19-24(2)29(33-35)22-34(21-27-9-8-18-37-27)20-25-12-16-28(17-13-25)39-32(6,7)30(36)38-31(3,4)5/h8-19H,20-22H2,1-7H3. The normalized spacial score (nSPS) is 12.2. The minimum absolute atomic E-state index is 0.214. The van der Waals surface area contributed by atoms with Crippen molar-refractivity contribution in [1.82, 2.24) is 14.7 Å². The molecular weight excluding hydrogens is 506 g/mol. The molecule has 0 amide bonds. The molecule has 2 heterocycles. The highest BCUT2D eigenvalue weighted by atomic mass is 32.2. The topological polar surface area (TPSA) is 60.5 Å². The third-order valence-corrected chi connectivity index (χ3v) is 7.41. The van der Waals surface area contributed by atoms with E-state index in [0.29, 0.717) is 13.1 Å². The SMILES string of the molecule is Cc1ccc(-n2cc(C)c(CN(Cc3ccc(SC(C)(C)C(=O)OC(C)(C)C)cc3)Cc3ccco3)n2)cc1. The molecule has 4 rings (SSSR count). The van der Waals surface area contributed by atoms with Crippen LogP contribution in [-0.4, -0.2) is 31.0 Å². The molecule has 0 fully saturated rings. The number of thioether (sulfide) groups is 1. The summed E-state index contributed by atoms with van der Waals surface area (Å²) in [5.74, 6) is 0.700. The van der Waals surface area contributed by atoms with Crippen LogP contribution in [0.5, 0.6) is 0 Å². The summed E-state index contributed by atoms with van der Waals surface area (Å²) in [6.45, 7) is 15.8. The molecule has 0 aliphatic rings. The lowest BCUT2D eigenvalue weighted by Gasteiger charge is -2.28. The van der Waals surface area contributed by atoms with Gasteiger partial charge in [-0.2, -0.15) is 5.10 Å². The number of hydrogen-bond donors (Lipinski definition) is 0. The van der Waals surface area contributed by atoms with Crippen LogP contribution in [0.2, 0.25) is 0 Å². The number of aromatic nitrogens is 2. The van der Waals surface area contributed by atoms with Gasteiger partial charge in [-0.3, -0.25) is 9.69 Å². The van der Waals surface area contributed by atoms with E-state index < -0.39 is 10.3 Å². The van der Waals surface area contributed by atoms with Gasteiger partial charge in [-0.05, 0) is 96.0 Å². The highest BCUT2D eigenvalue weighted by Crippen LogP contribution is 2.35. The fourth-order valence-corrected chi connectivity index (χ4v) is 5.13. The van der Waals surface area contributed by atoms with Crippen molar-refractivity contribution in [1.29, 1.82) is 0 Å². The van der Waals surface area contributed by atoms with Gasteiger partial charge in [0.15, 0.2) is 0 Å². The maximum absolute atomic E-state index is 12.7. The number of ether oxygens (including phenoxy) is 1. The first-order valence-corrected chi connectivity index (χ1v) is 14.1. The summed E-state index contributed by atoms with van der Waals surface area (Å²) >= 11 is 1.52. The zero-order chi connectivity index (χ0) is 28.2. The Morgan fingerprint density at radius 2 is 1.64 bits per heavy atom. The molecule has 0 saturated heterocycles. The molecule has 7 heteroatoms. The Bertz CT molecular complexity index is 1370. The molecule has 0 atom stereocenters. The molecule has 6 nitrogen and oxygen atoms in total. The van der Waals surface area contributed by atoms with Crippen LogP contribution < -0.4 is 0 Å². The Hall–Kier alpha value is -3.29. The van der Waals surface area contributed by atoms with Gasteiger partial charge in [0.05, 0.1) is 24.2 Å². The largest absolute Gasteiger partial charge is 0.468 e. The predicted molar refractivity (Wildman–Crippen MR) is 157 cm³/mol. The van der Waals surface area contributed by atoms with Crippen LogP contribution in [0.25, 0.3) is 5.69 Å². The zero-order valence-corrected chi connectivity index (χ0v) is 24.8. The van der Waals surface area contributed by atoms with E-state index in [-0.39, 0.29) is 5.97 Å². The molecule has 0 saturated carbocycles. The number of furan rings is 1. The summed E-state index contributed by atoms with van der Waals surface area (Å²) in [7, 11) is 0. The number of rotatable bonds is 10. The minimum atomic E-state index is -0.687. The number of carbonyl (C=O) groups excluding carboxylic acids is 1. The van der Waals surface area contributed by atoms with Gasteiger partial charge in [-0.25, -0.2) is 4.68 Å². The smallest absolute Gasteiger partial charge is 0.322 e. The van der Waals surface area contributed by atoms with Gasteiger partial charge in [-0.1, -0.05) is 29.8 Å². The van der Waals surface area contributed by atoms with Crippen molar-refractivity contribution in [2.24, 2.45) is 0 Å². The van der Waals surface area contributed by atoms with Crippen molar-refractivity contribution in [3.05, 3.63) is 101 Å². The summed E-state index contributed by atoms with van der Waals surface area (Å²) in [5, 5.41) is 4.91. The second kappa shape index (κ2) is 11.8. The van der Waals surface area contributed by atoms with Crippen LogP contribution in [0.4, 0.5) is 0 Å². The summed E-state index contributed by atoms with van der Waals surface area (Å²) in [4.78, 5) is 16.1. The highest BCUT2D eigenvalue weighted by Gasteiger charge is 2.33. The lowest BCUT2D eigenvalue weighted by atomic mass is 10.1. The number of benzene rings is 2. The van der Waals surface area contributed by atoms with E-state index in [0.717, 1.165) is 34.1 Å². The number of esters is 1. The molecule has 2 aromatic heterocycles. The summed E-state index contributed by atoms with van der Waals surface area (Å²) in [5.41, 5.74) is 5.13. The molecule has 0 radical (unpaired) electrons. The van der Waals surface area contributed by atoms with Crippen molar-refractivity contribution in [2.45, 2.75) is 83.3 Å². The molecule has 0 aliphatic carbocycles. The van der Waals surface area contributed by atoms with E-state index in [1.54, 1.807) is 6.26 Å².